The number of nitrogen functional groups attached to an aromatic ring is 1. The van der Waals surface area contributed by atoms with E-state index in [0.29, 0.717) is 5.56 Å². The van der Waals surface area contributed by atoms with E-state index in [-0.39, 0.29) is 11.3 Å². The number of likely N-dealkylation sites (N-methyl/N-ethyl adjacent to an activating group) is 1. The number of anilines is 1. The topological polar surface area (TPSA) is 72.3 Å². The number of hydrogen-bond acceptors (Lipinski definition) is 3. The van der Waals surface area contributed by atoms with Gasteiger partial charge in [-0.25, -0.2) is 4.39 Å². The van der Waals surface area contributed by atoms with E-state index in [2.05, 4.69) is 4.90 Å². The number of amides is 1. The van der Waals surface area contributed by atoms with Crippen LogP contribution in [0.1, 0.15) is 22.3 Å². The molecule has 1 amide bonds. The summed E-state index contributed by atoms with van der Waals surface area (Å²) in [5.74, 6) is -1.05. The predicted octanol–water partition coefficient (Wildman–Crippen LogP) is 1.23. The maximum atomic E-state index is 13.9. The predicted molar refractivity (Wildman–Crippen MR) is 69.4 cm³/mol. The summed E-state index contributed by atoms with van der Waals surface area (Å²) in [6.07, 6.45) is 2.71. The molecular weight excluding hydrogens is 233 g/mol. The molecule has 4 nitrogen and oxygen atoms in total. The van der Waals surface area contributed by atoms with Gasteiger partial charge in [-0.05, 0) is 31.2 Å². The van der Waals surface area contributed by atoms with Gasteiger partial charge in [0.2, 0.25) is 0 Å². The highest BCUT2D eigenvalue weighted by Gasteiger charge is 2.17. The summed E-state index contributed by atoms with van der Waals surface area (Å²) < 4.78 is 13.9. The van der Waals surface area contributed by atoms with Gasteiger partial charge >= 0.3 is 0 Å². The van der Waals surface area contributed by atoms with E-state index in [1.807, 2.05) is 13.1 Å². The third kappa shape index (κ3) is 2.36. The molecule has 4 N–H and O–H groups in total. The molecule has 0 bridgehead atoms. The molecule has 0 atom stereocenters. The van der Waals surface area contributed by atoms with Gasteiger partial charge in [-0.15, -0.1) is 0 Å². The third-order valence-electron chi connectivity index (χ3n) is 3.16. The molecule has 0 aliphatic carbocycles. The Morgan fingerprint density at radius 3 is 2.72 bits per heavy atom. The number of primary amides is 1. The van der Waals surface area contributed by atoms with Crippen LogP contribution in [0.25, 0.3) is 5.57 Å². The van der Waals surface area contributed by atoms with Gasteiger partial charge in [0.05, 0.1) is 5.56 Å². The monoisotopic (exact) mass is 249 g/mol. The summed E-state index contributed by atoms with van der Waals surface area (Å²) in [6, 6.07) is 2.61. The highest BCUT2D eigenvalue weighted by atomic mass is 19.1. The average molecular weight is 249 g/mol. The molecule has 1 aliphatic rings. The molecule has 1 aromatic rings. The van der Waals surface area contributed by atoms with Gasteiger partial charge in [0.15, 0.2) is 0 Å². The van der Waals surface area contributed by atoms with E-state index in [1.165, 1.54) is 6.07 Å². The van der Waals surface area contributed by atoms with Gasteiger partial charge in [-0.1, -0.05) is 6.08 Å². The number of nitrogens with two attached hydrogens (primary N) is 2. The normalized spacial score (nSPS) is 16.4. The molecule has 0 fully saturated rings. The van der Waals surface area contributed by atoms with E-state index >= 15 is 0 Å². The van der Waals surface area contributed by atoms with Crippen LogP contribution in [0.15, 0.2) is 18.2 Å². The van der Waals surface area contributed by atoms with Gasteiger partial charge < -0.3 is 16.4 Å². The average Bonchev–Trinajstić information content (AvgIpc) is 2.30. The molecule has 0 saturated carbocycles. The van der Waals surface area contributed by atoms with Gasteiger partial charge in [-0.3, -0.25) is 4.79 Å². The molecule has 96 valence electrons. The summed E-state index contributed by atoms with van der Waals surface area (Å²) in [4.78, 5) is 13.3. The molecule has 1 heterocycles. The lowest BCUT2D eigenvalue weighted by Gasteiger charge is -2.22. The van der Waals surface area contributed by atoms with Gasteiger partial charge in [0.25, 0.3) is 5.91 Å². The maximum Gasteiger partial charge on any atom is 0.250 e. The fourth-order valence-corrected chi connectivity index (χ4v) is 2.06. The van der Waals surface area contributed by atoms with Gasteiger partial charge in [0, 0.05) is 24.3 Å². The second kappa shape index (κ2) is 4.78. The zero-order valence-electron chi connectivity index (χ0n) is 10.2. The smallest absolute Gasteiger partial charge is 0.250 e. The molecule has 1 aromatic carbocycles. The van der Waals surface area contributed by atoms with Gasteiger partial charge in [-0.2, -0.15) is 0 Å². The zero-order chi connectivity index (χ0) is 13.3. The Bertz CT molecular complexity index is 525. The van der Waals surface area contributed by atoms with Crippen molar-refractivity contribution in [3.05, 3.63) is 35.2 Å². The number of carbonyl (C=O) groups is 1. The molecule has 2 rings (SSSR count). The Hall–Kier alpha value is -1.88. The van der Waals surface area contributed by atoms with E-state index in [9.17, 15) is 9.18 Å². The molecule has 0 saturated heterocycles. The van der Waals surface area contributed by atoms with Crippen molar-refractivity contribution >= 4 is 17.2 Å². The van der Waals surface area contributed by atoms with Crippen LogP contribution >= 0.6 is 0 Å². The van der Waals surface area contributed by atoms with Crippen molar-refractivity contribution in [1.29, 1.82) is 0 Å². The van der Waals surface area contributed by atoms with Crippen LogP contribution < -0.4 is 11.5 Å². The number of benzene rings is 1. The molecule has 0 aromatic heterocycles. The number of hydrogen-bond donors (Lipinski definition) is 2. The highest BCUT2D eigenvalue weighted by molar-refractivity contribution is 5.99. The summed E-state index contributed by atoms with van der Waals surface area (Å²) in [5, 5.41) is 0. The van der Waals surface area contributed by atoms with Crippen LogP contribution in [0.2, 0.25) is 0 Å². The minimum absolute atomic E-state index is 0.0808. The first-order valence-corrected chi connectivity index (χ1v) is 5.76. The summed E-state index contributed by atoms with van der Waals surface area (Å²) >= 11 is 0. The Kier molecular flexibility index (Phi) is 3.34. The van der Waals surface area contributed by atoms with Crippen LogP contribution in [0, 0.1) is 5.82 Å². The second-order valence-corrected chi connectivity index (χ2v) is 4.53. The molecular formula is C13H16FN3O. The third-order valence-corrected chi connectivity index (χ3v) is 3.16. The molecule has 0 spiro atoms. The van der Waals surface area contributed by atoms with E-state index < -0.39 is 11.7 Å². The Morgan fingerprint density at radius 2 is 2.17 bits per heavy atom. The van der Waals surface area contributed by atoms with E-state index in [0.717, 1.165) is 31.1 Å². The van der Waals surface area contributed by atoms with Crippen molar-refractivity contribution in [1.82, 2.24) is 4.90 Å². The molecule has 5 heteroatoms. The maximum absolute atomic E-state index is 13.9. The number of halogens is 1. The van der Waals surface area contributed by atoms with Crippen molar-refractivity contribution in [2.45, 2.75) is 6.42 Å². The van der Waals surface area contributed by atoms with Crippen LogP contribution in [0.5, 0.6) is 0 Å². The summed E-state index contributed by atoms with van der Waals surface area (Å²) in [7, 11) is 2.00. The Balaban J connectivity index is 2.45. The van der Waals surface area contributed by atoms with Gasteiger partial charge in [0.1, 0.15) is 5.82 Å². The van der Waals surface area contributed by atoms with Crippen LogP contribution in [0.4, 0.5) is 10.1 Å². The summed E-state index contributed by atoms with van der Waals surface area (Å²) in [5.41, 5.74) is 12.4. The highest BCUT2D eigenvalue weighted by Crippen LogP contribution is 2.27. The first-order valence-electron chi connectivity index (χ1n) is 5.76. The number of rotatable bonds is 2. The Morgan fingerprint density at radius 1 is 1.44 bits per heavy atom. The van der Waals surface area contributed by atoms with E-state index in [4.69, 9.17) is 11.5 Å². The second-order valence-electron chi connectivity index (χ2n) is 4.53. The van der Waals surface area contributed by atoms with Crippen LogP contribution in [-0.4, -0.2) is 30.9 Å². The molecule has 18 heavy (non-hydrogen) atoms. The molecule has 1 aliphatic heterocycles. The Labute approximate surface area is 105 Å². The number of nitrogens with zero attached hydrogens (tertiary/aromatic N) is 1. The standard InChI is InChI=1S/C13H16FN3O/c1-17-4-2-8(3-5-17)9-6-10(13(16)18)12(15)7-11(9)14/h2,6-7H,3-5,15H2,1H3,(H2,16,18). The fraction of sp³-hybridized carbons (Fsp3) is 0.308. The molecule has 0 radical (unpaired) electrons. The van der Waals surface area contributed by atoms with E-state index in [1.54, 1.807) is 0 Å². The van der Waals surface area contributed by atoms with Crippen LogP contribution in [0.3, 0.4) is 0 Å². The quantitative estimate of drug-likeness (QED) is 0.774. The lowest BCUT2D eigenvalue weighted by Crippen LogP contribution is -2.24. The lowest BCUT2D eigenvalue weighted by atomic mass is 9.96. The van der Waals surface area contributed by atoms with Crippen molar-refractivity contribution in [3.63, 3.8) is 0 Å². The first kappa shape index (κ1) is 12.6. The van der Waals surface area contributed by atoms with Crippen molar-refractivity contribution in [2.24, 2.45) is 5.73 Å². The minimum Gasteiger partial charge on any atom is -0.398 e. The molecule has 0 unspecified atom stereocenters. The largest absolute Gasteiger partial charge is 0.398 e. The number of carbonyl (C=O) groups excluding carboxylic acids is 1. The summed E-state index contributed by atoms with van der Waals surface area (Å²) in [6.45, 7) is 1.63. The lowest BCUT2D eigenvalue weighted by molar-refractivity contribution is 0.100. The van der Waals surface area contributed by atoms with Crippen molar-refractivity contribution < 1.29 is 9.18 Å². The van der Waals surface area contributed by atoms with Crippen molar-refractivity contribution in [3.8, 4) is 0 Å². The van der Waals surface area contributed by atoms with Crippen LogP contribution in [-0.2, 0) is 0 Å². The zero-order valence-corrected chi connectivity index (χ0v) is 10.2. The minimum atomic E-state index is -0.637. The SMILES string of the molecule is CN1CC=C(c2cc(C(N)=O)c(N)cc2F)CC1. The first-order chi connectivity index (χ1) is 8.49. The van der Waals surface area contributed by atoms with Crippen molar-refractivity contribution in [2.75, 3.05) is 25.9 Å². The fourth-order valence-electron chi connectivity index (χ4n) is 2.06.